The lowest BCUT2D eigenvalue weighted by Crippen LogP contribution is -2.05. The molecule has 1 aromatic carbocycles. The van der Waals surface area contributed by atoms with Crippen molar-refractivity contribution in [3.8, 4) is 5.82 Å². The van der Waals surface area contributed by atoms with Crippen molar-refractivity contribution in [2.75, 3.05) is 0 Å². The maximum atomic E-state index is 4.89. The van der Waals surface area contributed by atoms with Gasteiger partial charge in [0.1, 0.15) is 5.65 Å². The minimum atomic E-state index is 0.793. The number of benzene rings is 1. The number of para-hydroxylation sites is 1. The number of nitrogens with zero attached hydrogens (tertiary/aromatic N) is 4. The van der Waals surface area contributed by atoms with Crippen molar-refractivity contribution >= 4 is 16.6 Å². The average molecular weight is 302 g/mol. The predicted molar refractivity (Wildman–Crippen MR) is 91.0 cm³/mol. The molecular weight excluding hydrogens is 284 g/mol. The predicted octanol–water partition coefficient (Wildman–Crippen LogP) is 3.93. The van der Waals surface area contributed by atoms with Crippen molar-refractivity contribution in [2.24, 2.45) is 5.92 Å². The van der Waals surface area contributed by atoms with E-state index in [0.29, 0.717) is 0 Å². The van der Waals surface area contributed by atoms with E-state index in [2.05, 4.69) is 52.5 Å². The largest absolute Gasteiger partial charge is 0.284 e. The molecular formula is C19H18N4. The van der Waals surface area contributed by atoms with Crippen LogP contribution in [0.2, 0.25) is 0 Å². The molecule has 0 atom stereocenters. The molecule has 3 heterocycles. The highest BCUT2D eigenvalue weighted by Gasteiger charge is 2.26. The van der Waals surface area contributed by atoms with Gasteiger partial charge in [-0.15, -0.1) is 0 Å². The Morgan fingerprint density at radius 3 is 2.91 bits per heavy atom. The summed E-state index contributed by atoms with van der Waals surface area (Å²) in [5, 5.41) is 5.87. The maximum absolute atomic E-state index is 4.89. The molecule has 0 amide bonds. The van der Waals surface area contributed by atoms with Gasteiger partial charge in [0.05, 0.1) is 17.4 Å². The summed E-state index contributed by atoms with van der Waals surface area (Å²) in [7, 11) is 0. The van der Waals surface area contributed by atoms with Crippen molar-refractivity contribution in [1.29, 1.82) is 0 Å². The summed E-state index contributed by atoms with van der Waals surface area (Å²) < 4.78 is 4.24. The standard InChI is InChI=1S/C19H18N4/c1-13-5-4-6-15-12-20-23(18(13)15)19-16(11-14-8-9-14)21-17-7-2-3-10-22(17)19/h2-7,10,12,14H,8-9,11H2,1H3. The highest BCUT2D eigenvalue weighted by atomic mass is 15.3. The van der Waals surface area contributed by atoms with Crippen LogP contribution >= 0.6 is 0 Å². The van der Waals surface area contributed by atoms with Crippen molar-refractivity contribution in [2.45, 2.75) is 26.2 Å². The lowest BCUT2D eigenvalue weighted by atomic mass is 10.1. The first-order valence-corrected chi connectivity index (χ1v) is 8.21. The summed E-state index contributed by atoms with van der Waals surface area (Å²) in [5.74, 6) is 1.89. The highest BCUT2D eigenvalue weighted by molar-refractivity contribution is 5.83. The van der Waals surface area contributed by atoms with Gasteiger partial charge in [0, 0.05) is 11.6 Å². The Morgan fingerprint density at radius 1 is 1.13 bits per heavy atom. The van der Waals surface area contributed by atoms with Gasteiger partial charge in [0.15, 0.2) is 5.82 Å². The van der Waals surface area contributed by atoms with E-state index in [9.17, 15) is 0 Å². The minimum Gasteiger partial charge on any atom is -0.284 e. The van der Waals surface area contributed by atoms with Gasteiger partial charge in [-0.05, 0) is 49.8 Å². The number of hydrogen-bond acceptors (Lipinski definition) is 2. The van der Waals surface area contributed by atoms with Gasteiger partial charge in [0.25, 0.3) is 0 Å². The van der Waals surface area contributed by atoms with Crippen LogP contribution in [0.5, 0.6) is 0 Å². The smallest absolute Gasteiger partial charge is 0.162 e. The Hall–Kier alpha value is -2.62. The number of fused-ring (bicyclic) bond motifs is 2. The normalized spacial score (nSPS) is 14.8. The summed E-state index contributed by atoms with van der Waals surface area (Å²) in [6, 6.07) is 12.5. The van der Waals surface area contributed by atoms with Gasteiger partial charge in [-0.1, -0.05) is 24.3 Å². The first-order valence-electron chi connectivity index (χ1n) is 8.21. The van der Waals surface area contributed by atoms with E-state index in [-0.39, 0.29) is 0 Å². The molecule has 0 unspecified atom stereocenters. The molecule has 114 valence electrons. The zero-order chi connectivity index (χ0) is 15.4. The fraction of sp³-hybridized carbons (Fsp3) is 0.263. The molecule has 1 fully saturated rings. The van der Waals surface area contributed by atoms with E-state index in [0.717, 1.165) is 29.5 Å². The van der Waals surface area contributed by atoms with E-state index in [1.54, 1.807) is 0 Å². The Morgan fingerprint density at radius 2 is 2.04 bits per heavy atom. The third kappa shape index (κ3) is 1.98. The van der Waals surface area contributed by atoms with Gasteiger partial charge >= 0.3 is 0 Å². The SMILES string of the molecule is Cc1cccc2cnn(-c3c(CC4CC4)nc4ccccn34)c12. The fourth-order valence-electron chi connectivity index (χ4n) is 3.40. The van der Waals surface area contributed by atoms with Crippen LogP contribution in [0.1, 0.15) is 24.1 Å². The highest BCUT2D eigenvalue weighted by Crippen LogP contribution is 2.35. The van der Waals surface area contributed by atoms with Crippen LogP contribution in [0.15, 0.2) is 48.8 Å². The molecule has 4 nitrogen and oxygen atoms in total. The summed E-state index contributed by atoms with van der Waals surface area (Å²) >= 11 is 0. The molecule has 4 aromatic rings. The van der Waals surface area contributed by atoms with Gasteiger partial charge in [-0.25, -0.2) is 9.67 Å². The zero-order valence-corrected chi connectivity index (χ0v) is 13.1. The summed E-state index contributed by atoms with van der Waals surface area (Å²) in [4.78, 5) is 4.89. The number of aromatic nitrogens is 4. The first-order chi connectivity index (χ1) is 11.3. The summed E-state index contributed by atoms with van der Waals surface area (Å²) in [6.07, 6.45) is 7.73. The Kier molecular flexibility index (Phi) is 2.62. The van der Waals surface area contributed by atoms with Crippen LogP contribution in [0.3, 0.4) is 0 Å². The molecule has 0 spiro atoms. The quantitative estimate of drug-likeness (QED) is 0.574. The molecule has 1 saturated carbocycles. The van der Waals surface area contributed by atoms with E-state index in [1.165, 1.54) is 29.3 Å². The second kappa shape index (κ2) is 4.69. The molecule has 5 rings (SSSR count). The average Bonchev–Trinajstić information content (AvgIpc) is 3.14. The molecule has 4 heteroatoms. The monoisotopic (exact) mass is 302 g/mol. The van der Waals surface area contributed by atoms with E-state index in [1.807, 2.05) is 12.3 Å². The Labute approximate surface area is 134 Å². The minimum absolute atomic E-state index is 0.793. The van der Waals surface area contributed by atoms with Gasteiger partial charge in [0.2, 0.25) is 0 Å². The van der Waals surface area contributed by atoms with Crippen LogP contribution in [-0.4, -0.2) is 19.2 Å². The Bertz CT molecular complexity index is 1020. The second-order valence-electron chi connectivity index (χ2n) is 6.53. The molecule has 0 radical (unpaired) electrons. The topological polar surface area (TPSA) is 35.1 Å². The number of aryl methyl sites for hydroxylation is 1. The molecule has 0 bridgehead atoms. The molecule has 0 aliphatic heterocycles. The summed E-state index contributed by atoms with van der Waals surface area (Å²) in [6.45, 7) is 2.14. The molecule has 1 aliphatic rings. The van der Waals surface area contributed by atoms with Crippen LogP contribution in [0, 0.1) is 12.8 Å². The molecule has 23 heavy (non-hydrogen) atoms. The van der Waals surface area contributed by atoms with E-state index in [4.69, 9.17) is 10.1 Å². The number of imidazole rings is 1. The number of hydrogen-bond donors (Lipinski definition) is 0. The molecule has 0 saturated heterocycles. The number of rotatable bonds is 3. The lowest BCUT2D eigenvalue weighted by molar-refractivity contribution is 0.777. The van der Waals surface area contributed by atoms with Crippen LogP contribution in [-0.2, 0) is 6.42 Å². The Balaban J connectivity index is 1.83. The zero-order valence-electron chi connectivity index (χ0n) is 13.1. The van der Waals surface area contributed by atoms with Crippen LogP contribution < -0.4 is 0 Å². The molecule has 0 N–H and O–H groups in total. The number of pyridine rings is 1. The molecule has 3 aromatic heterocycles. The van der Waals surface area contributed by atoms with E-state index >= 15 is 0 Å². The van der Waals surface area contributed by atoms with Gasteiger partial charge in [-0.2, -0.15) is 5.10 Å². The second-order valence-corrected chi connectivity index (χ2v) is 6.53. The lowest BCUT2D eigenvalue weighted by Gasteiger charge is -2.08. The fourth-order valence-corrected chi connectivity index (χ4v) is 3.40. The van der Waals surface area contributed by atoms with Crippen molar-refractivity contribution < 1.29 is 0 Å². The maximum Gasteiger partial charge on any atom is 0.162 e. The first kappa shape index (κ1) is 12.9. The summed E-state index contributed by atoms with van der Waals surface area (Å²) in [5.41, 5.74) is 4.57. The third-order valence-corrected chi connectivity index (χ3v) is 4.75. The van der Waals surface area contributed by atoms with Crippen LogP contribution in [0.4, 0.5) is 0 Å². The third-order valence-electron chi connectivity index (χ3n) is 4.75. The van der Waals surface area contributed by atoms with Gasteiger partial charge < -0.3 is 0 Å². The van der Waals surface area contributed by atoms with Crippen LogP contribution in [0.25, 0.3) is 22.4 Å². The van der Waals surface area contributed by atoms with Gasteiger partial charge in [-0.3, -0.25) is 4.40 Å². The molecule has 1 aliphatic carbocycles. The van der Waals surface area contributed by atoms with E-state index < -0.39 is 0 Å². The van der Waals surface area contributed by atoms with Crippen molar-refractivity contribution in [3.05, 3.63) is 60.0 Å². The van der Waals surface area contributed by atoms with Crippen molar-refractivity contribution in [3.63, 3.8) is 0 Å². The van der Waals surface area contributed by atoms with Crippen molar-refractivity contribution in [1.82, 2.24) is 19.2 Å².